The van der Waals surface area contributed by atoms with Gasteiger partial charge in [0.25, 0.3) is 0 Å². The van der Waals surface area contributed by atoms with Gasteiger partial charge in [-0.3, -0.25) is 13.8 Å². The summed E-state index contributed by atoms with van der Waals surface area (Å²) in [5, 5.41) is 50.4. The molecule has 0 bridgehead atoms. The third-order valence-corrected chi connectivity index (χ3v) is 14.0. The molecule has 0 aliphatic heterocycles. The lowest BCUT2D eigenvalue weighted by Crippen LogP contribution is -2.64. The van der Waals surface area contributed by atoms with Gasteiger partial charge in [-0.25, -0.2) is 4.57 Å². The zero-order chi connectivity index (χ0) is 49.1. The molecule has 1 aliphatic rings. The van der Waals surface area contributed by atoms with E-state index in [1.165, 1.54) is 186 Å². The van der Waals surface area contributed by atoms with E-state index in [1.54, 1.807) is 0 Å². The molecule has 6 atom stereocenters. The SMILES string of the molecule is CCCCCCCCC/C=C\CCCCCCCCCCOCC(COP(=O)(O)OC1C(O)C(O)C(O)C(O)C1O)OC(=O)CCCCCCCCCCC/C=C\CCCCCCCCCC. The molecule has 0 spiro atoms. The molecule has 67 heavy (non-hydrogen) atoms. The van der Waals surface area contributed by atoms with Gasteiger partial charge in [0.15, 0.2) is 0 Å². The maximum atomic E-state index is 12.9. The third-order valence-electron chi connectivity index (χ3n) is 13.0. The number of carbonyl (C=O) groups excluding carboxylic acids is 1. The van der Waals surface area contributed by atoms with Crippen LogP contribution >= 0.6 is 7.82 Å². The van der Waals surface area contributed by atoms with E-state index < -0.39 is 63.1 Å². The van der Waals surface area contributed by atoms with Crippen LogP contribution in [0, 0.1) is 0 Å². The minimum Gasteiger partial charge on any atom is -0.457 e. The zero-order valence-electron chi connectivity index (χ0n) is 42.7. The van der Waals surface area contributed by atoms with E-state index in [2.05, 4.69) is 38.2 Å². The molecule has 1 saturated carbocycles. The first kappa shape index (κ1) is 63.8. The molecule has 1 fully saturated rings. The number of unbranched alkanes of at least 4 members (excludes halogenated alkanes) is 32. The van der Waals surface area contributed by atoms with E-state index in [0.717, 1.165) is 38.5 Å². The Kier molecular flexibility index (Phi) is 42.6. The summed E-state index contributed by atoms with van der Waals surface area (Å²) in [6, 6.07) is 0. The van der Waals surface area contributed by atoms with Gasteiger partial charge in [-0.05, 0) is 64.2 Å². The van der Waals surface area contributed by atoms with Gasteiger partial charge in [0.1, 0.15) is 42.7 Å². The standard InChI is InChI=1S/C54H103O12P/c1-3-5-7-9-11-13-15-17-19-21-23-24-25-27-29-31-33-35-37-39-41-43-48(55)65-47(46-64-67(61,62)66-54-52(59)50(57)49(56)51(58)53(54)60)45-63-44-42-40-38-36-34-32-30-28-26-22-20-18-16-14-12-10-8-6-4-2/h20-23,47,49-54,56-60H,3-19,24-46H2,1-2H3,(H,61,62)/b22-20-,23-21-. The van der Waals surface area contributed by atoms with Gasteiger partial charge >= 0.3 is 13.8 Å². The van der Waals surface area contributed by atoms with Crippen LogP contribution in [0.1, 0.15) is 251 Å². The maximum absolute atomic E-state index is 12.9. The molecule has 1 aliphatic carbocycles. The molecule has 6 N–H and O–H groups in total. The van der Waals surface area contributed by atoms with Gasteiger partial charge in [0.05, 0.1) is 13.2 Å². The Morgan fingerprint density at radius 1 is 0.463 bits per heavy atom. The van der Waals surface area contributed by atoms with Crippen LogP contribution in [-0.4, -0.2) is 98.9 Å². The predicted octanol–water partition coefficient (Wildman–Crippen LogP) is 12.8. The largest absolute Gasteiger partial charge is 0.472 e. The normalized spacial score (nSPS) is 21.4. The quantitative estimate of drug-likeness (QED) is 0.0147. The third kappa shape index (κ3) is 36.4. The first-order chi connectivity index (χ1) is 32.5. The molecule has 0 heterocycles. The van der Waals surface area contributed by atoms with Crippen LogP contribution in [0.4, 0.5) is 0 Å². The Balaban J connectivity index is 2.31. The molecule has 0 amide bonds. The lowest BCUT2D eigenvalue weighted by molar-refractivity contribution is -0.220. The van der Waals surface area contributed by atoms with Crippen molar-refractivity contribution in [1.82, 2.24) is 0 Å². The van der Waals surface area contributed by atoms with E-state index in [9.17, 15) is 39.8 Å². The van der Waals surface area contributed by atoms with Gasteiger partial charge in [-0.1, -0.05) is 205 Å². The molecule has 1 rings (SSSR count). The van der Waals surface area contributed by atoms with Gasteiger partial charge in [-0.2, -0.15) is 0 Å². The highest BCUT2D eigenvalue weighted by molar-refractivity contribution is 7.47. The second kappa shape index (κ2) is 44.7. The molecule has 0 aromatic carbocycles. The van der Waals surface area contributed by atoms with Gasteiger partial charge < -0.3 is 39.9 Å². The second-order valence-electron chi connectivity index (χ2n) is 19.4. The molecular weight excluding hydrogens is 872 g/mol. The number of phosphoric ester groups is 1. The number of carbonyl (C=O) groups is 1. The maximum Gasteiger partial charge on any atom is 0.472 e. The van der Waals surface area contributed by atoms with Crippen LogP contribution in [-0.2, 0) is 27.9 Å². The van der Waals surface area contributed by atoms with E-state index in [-0.39, 0.29) is 13.0 Å². The number of esters is 1. The van der Waals surface area contributed by atoms with Crippen molar-refractivity contribution < 1.29 is 58.3 Å². The number of hydrogen-bond donors (Lipinski definition) is 6. The minimum atomic E-state index is -5.02. The molecule has 13 heteroatoms. The summed E-state index contributed by atoms with van der Waals surface area (Å²) in [7, 11) is -5.02. The monoisotopic (exact) mass is 975 g/mol. The Morgan fingerprint density at radius 3 is 1.18 bits per heavy atom. The van der Waals surface area contributed by atoms with E-state index in [1.807, 2.05) is 0 Å². The first-order valence-electron chi connectivity index (χ1n) is 27.7. The van der Waals surface area contributed by atoms with Crippen molar-refractivity contribution in [1.29, 1.82) is 0 Å². The Morgan fingerprint density at radius 2 is 0.791 bits per heavy atom. The van der Waals surface area contributed by atoms with Crippen LogP contribution < -0.4 is 0 Å². The molecule has 12 nitrogen and oxygen atoms in total. The van der Waals surface area contributed by atoms with Crippen molar-refractivity contribution in [3.63, 3.8) is 0 Å². The molecule has 0 saturated heterocycles. The summed E-state index contributed by atoms with van der Waals surface area (Å²) < 4.78 is 34.4. The average molecular weight is 975 g/mol. The summed E-state index contributed by atoms with van der Waals surface area (Å²) in [6.45, 7) is 4.29. The molecule has 0 radical (unpaired) electrons. The number of phosphoric acid groups is 1. The number of hydrogen-bond acceptors (Lipinski definition) is 11. The van der Waals surface area contributed by atoms with E-state index in [4.69, 9.17) is 18.5 Å². The van der Waals surface area contributed by atoms with Crippen LogP contribution in [0.2, 0.25) is 0 Å². The van der Waals surface area contributed by atoms with Crippen molar-refractivity contribution in [3.05, 3.63) is 24.3 Å². The number of aliphatic hydroxyl groups excluding tert-OH is 5. The van der Waals surface area contributed by atoms with Crippen molar-refractivity contribution in [3.8, 4) is 0 Å². The number of rotatable bonds is 48. The highest BCUT2D eigenvalue weighted by atomic mass is 31.2. The Hall–Kier alpha value is -1.18. The highest BCUT2D eigenvalue weighted by Gasteiger charge is 2.51. The van der Waals surface area contributed by atoms with Crippen LogP contribution in [0.15, 0.2) is 24.3 Å². The second-order valence-corrected chi connectivity index (χ2v) is 20.8. The van der Waals surface area contributed by atoms with E-state index in [0.29, 0.717) is 13.0 Å². The van der Waals surface area contributed by atoms with Crippen molar-refractivity contribution in [2.45, 2.75) is 294 Å². The average Bonchev–Trinajstić information content (AvgIpc) is 3.31. The smallest absolute Gasteiger partial charge is 0.457 e. The Labute approximate surface area is 409 Å². The van der Waals surface area contributed by atoms with Gasteiger partial charge in [-0.15, -0.1) is 0 Å². The van der Waals surface area contributed by atoms with Crippen LogP contribution in [0.25, 0.3) is 0 Å². The minimum absolute atomic E-state index is 0.0763. The lowest BCUT2D eigenvalue weighted by atomic mass is 9.85. The predicted molar refractivity (Wildman–Crippen MR) is 272 cm³/mol. The number of ether oxygens (including phenoxy) is 2. The van der Waals surface area contributed by atoms with Gasteiger partial charge in [0.2, 0.25) is 0 Å². The molecule has 0 aromatic rings. The fourth-order valence-corrected chi connectivity index (χ4v) is 9.61. The first-order valence-corrected chi connectivity index (χ1v) is 29.2. The van der Waals surface area contributed by atoms with Crippen LogP contribution in [0.3, 0.4) is 0 Å². The Bertz CT molecular complexity index is 1200. The van der Waals surface area contributed by atoms with Crippen molar-refractivity contribution in [2.75, 3.05) is 19.8 Å². The van der Waals surface area contributed by atoms with E-state index >= 15 is 0 Å². The zero-order valence-corrected chi connectivity index (χ0v) is 43.6. The summed E-state index contributed by atoms with van der Waals surface area (Å²) in [5.41, 5.74) is 0. The lowest BCUT2D eigenvalue weighted by Gasteiger charge is -2.41. The fraction of sp³-hybridized carbons (Fsp3) is 0.907. The number of allylic oxidation sites excluding steroid dienone is 4. The van der Waals surface area contributed by atoms with Crippen molar-refractivity contribution >= 4 is 13.8 Å². The summed E-state index contributed by atoms with van der Waals surface area (Å²) >= 11 is 0. The molecule has 6 unspecified atom stereocenters. The topological polar surface area (TPSA) is 192 Å². The fourth-order valence-electron chi connectivity index (χ4n) is 8.64. The number of aliphatic hydroxyl groups is 5. The van der Waals surface area contributed by atoms with Crippen LogP contribution in [0.5, 0.6) is 0 Å². The van der Waals surface area contributed by atoms with Gasteiger partial charge in [0, 0.05) is 13.0 Å². The summed E-state index contributed by atoms with van der Waals surface area (Å²) in [6.07, 6.45) is 41.0. The summed E-state index contributed by atoms with van der Waals surface area (Å²) in [5.74, 6) is -0.476. The molecule has 0 aromatic heterocycles. The highest BCUT2D eigenvalue weighted by Crippen LogP contribution is 2.47. The molecular formula is C54H103O12P. The van der Waals surface area contributed by atoms with Crippen molar-refractivity contribution in [2.24, 2.45) is 0 Å². The summed E-state index contributed by atoms with van der Waals surface area (Å²) in [4.78, 5) is 23.3. The molecule has 396 valence electrons.